The molecule has 0 aromatic heterocycles. The van der Waals surface area contributed by atoms with Crippen LogP contribution in [0.3, 0.4) is 0 Å². The molecule has 2 N–H and O–H groups in total. The highest BCUT2D eigenvalue weighted by molar-refractivity contribution is 5.85. The summed E-state index contributed by atoms with van der Waals surface area (Å²) in [6, 6.07) is 5.65. The first-order chi connectivity index (χ1) is 10.4. The second-order valence-electron chi connectivity index (χ2n) is 6.79. The average molecular weight is 297 g/mol. The Bertz CT molecular complexity index is 762. The van der Waals surface area contributed by atoms with Gasteiger partial charge in [-0.3, -0.25) is 9.69 Å². The predicted molar refractivity (Wildman–Crippen MR) is 84.4 cm³/mol. The number of benzene rings is 1. The minimum atomic E-state index is -0.102. The van der Waals surface area contributed by atoms with E-state index in [0.29, 0.717) is 12.2 Å². The van der Waals surface area contributed by atoms with Gasteiger partial charge in [0, 0.05) is 36.4 Å². The highest BCUT2D eigenvalue weighted by Gasteiger charge is 2.51. The van der Waals surface area contributed by atoms with Gasteiger partial charge in [-0.25, -0.2) is 0 Å². The van der Waals surface area contributed by atoms with Crippen LogP contribution in [-0.4, -0.2) is 30.0 Å². The van der Waals surface area contributed by atoms with Crippen molar-refractivity contribution in [2.24, 2.45) is 5.41 Å². The summed E-state index contributed by atoms with van der Waals surface area (Å²) < 4.78 is 0. The summed E-state index contributed by atoms with van der Waals surface area (Å²) in [5, 5.41) is 9.85. The van der Waals surface area contributed by atoms with E-state index >= 15 is 0 Å². The van der Waals surface area contributed by atoms with E-state index in [1.165, 1.54) is 21.9 Å². The SMILES string of the molecule is CN1C(=O)CCC2(C)C1=CCC1=C2[NH+](C)c2ccc(O)cc21. The van der Waals surface area contributed by atoms with E-state index in [9.17, 15) is 9.90 Å². The number of hydrogen-bond acceptors (Lipinski definition) is 2. The third kappa shape index (κ3) is 1.53. The van der Waals surface area contributed by atoms with E-state index in [1.54, 1.807) is 6.07 Å². The molecule has 2 heterocycles. The maximum atomic E-state index is 12.1. The number of phenols is 1. The monoisotopic (exact) mass is 297 g/mol. The molecule has 1 aromatic carbocycles. The molecule has 1 saturated heterocycles. The summed E-state index contributed by atoms with van der Waals surface area (Å²) in [7, 11) is 4.06. The molecule has 2 aliphatic heterocycles. The van der Waals surface area contributed by atoms with Gasteiger partial charge in [0.1, 0.15) is 17.1 Å². The molecule has 1 aliphatic carbocycles. The van der Waals surface area contributed by atoms with E-state index < -0.39 is 0 Å². The molecule has 22 heavy (non-hydrogen) atoms. The maximum Gasteiger partial charge on any atom is 0.226 e. The van der Waals surface area contributed by atoms with Gasteiger partial charge in [-0.1, -0.05) is 6.08 Å². The van der Waals surface area contributed by atoms with Crippen molar-refractivity contribution in [1.29, 1.82) is 0 Å². The third-order valence-corrected chi connectivity index (χ3v) is 5.60. The van der Waals surface area contributed by atoms with E-state index in [2.05, 4.69) is 20.0 Å². The predicted octanol–water partition coefficient (Wildman–Crippen LogP) is 1.81. The Kier molecular flexibility index (Phi) is 2.61. The highest BCUT2D eigenvalue weighted by atomic mass is 16.3. The Hall–Kier alpha value is -2.07. The van der Waals surface area contributed by atoms with Gasteiger partial charge in [0.15, 0.2) is 0 Å². The van der Waals surface area contributed by atoms with Gasteiger partial charge < -0.3 is 10.0 Å². The van der Waals surface area contributed by atoms with Crippen molar-refractivity contribution in [1.82, 2.24) is 4.90 Å². The number of phenolic OH excluding ortho intramolecular Hbond substituents is 1. The molecule has 2 atom stereocenters. The van der Waals surface area contributed by atoms with Crippen LogP contribution in [0.1, 0.15) is 31.7 Å². The maximum absolute atomic E-state index is 12.1. The van der Waals surface area contributed by atoms with Crippen LogP contribution in [0, 0.1) is 5.41 Å². The molecule has 4 rings (SSSR count). The van der Waals surface area contributed by atoms with Crippen molar-refractivity contribution < 1.29 is 14.8 Å². The first kappa shape index (κ1) is 13.6. The number of piperidine rings is 1. The molecule has 1 amide bonds. The largest absolute Gasteiger partial charge is 0.508 e. The summed E-state index contributed by atoms with van der Waals surface area (Å²) in [5.74, 6) is 0.523. The number of fused-ring (bicyclic) bond motifs is 4. The molecule has 1 fully saturated rings. The highest BCUT2D eigenvalue weighted by Crippen LogP contribution is 2.51. The number of aromatic hydroxyl groups is 1. The summed E-state index contributed by atoms with van der Waals surface area (Å²) in [6.07, 6.45) is 4.47. The zero-order valence-electron chi connectivity index (χ0n) is 13.2. The normalized spacial score (nSPS) is 30.0. The molecule has 0 radical (unpaired) electrons. The zero-order valence-corrected chi connectivity index (χ0v) is 13.2. The fourth-order valence-electron chi connectivity index (χ4n) is 4.53. The Morgan fingerprint density at radius 1 is 1.36 bits per heavy atom. The molecule has 0 bridgehead atoms. The van der Waals surface area contributed by atoms with Crippen LogP contribution in [0.25, 0.3) is 5.57 Å². The topological polar surface area (TPSA) is 45.0 Å². The quantitative estimate of drug-likeness (QED) is 0.717. The van der Waals surface area contributed by atoms with Crippen LogP contribution in [0.2, 0.25) is 0 Å². The molecular formula is C18H21N2O2+. The van der Waals surface area contributed by atoms with E-state index in [0.717, 1.165) is 24.1 Å². The number of amides is 1. The Morgan fingerprint density at radius 3 is 2.91 bits per heavy atom. The number of rotatable bonds is 0. The second-order valence-corrected chi connectivity index (χ2v) is 6.79. The lowest BCUT2D eigenvalue weighted by atomic mass is 9.70. The molecule has 0 saturated carbocycles. The number of nitrogens with zero attached hydrogens (tertiary/aromatic N) is 1. The molecule has 3 aliphatic rings. The first-order valence-electron chi connectivity index (χ1n) is 7.82. The average Bonchev–Trinajstić information content (AvgIpc) is 2.77. The number of likely N-dealkylation sites (tertiary alicyclic amines) is 1. The second kappa shape index (κ2) is 4.23. The van der Waals surface area contributed by atoms with E-state index in [1.807, 2.05) is 24.1 Å². The third-order valence-electron chi connectivity index (χ3n) is 5.60. The van der Waals surface area contributed by atoms with Crippen LogP contribution in [-0.2, 0) is 4.79 Å². The lowest BCUT2D eigenvalue weighted by Gasteiger charge is -2.44. The summed E-state index contributed by atoms with van der Waals surface area (Å²) >= 11 is 0. The van der Waals surface area contributed by atoms with E-state index in [4.69, 9.17) is 0 Å². The van der Waals surface area contributed by atoms with Gasteiger partial charge in [0.05, 0.1) is 12.5 Å². The van der Waals surface area contributed by atoms with Gasteiger partial charge >= 0.3 is 0 Å². The number of allylic oxidation sites excluding steroid dienone is 2. The van der Waals surface area contributed by atoms with Gasteiger partial charge in [0.2, 0.25) is 5.91 Å². The Balaban J connectivity index is 1.88. The fourth-order valence-corrected chi connectivity index (χ4v) is 4.53. The molecule has 2 unspecified atom stereocenters. The lowest BCUT2D eigenvalue weighted by molar-refractivity contribution is -0.770. The van der Waals surface area contributed by atoms with Crippen LogP contribution in [0.15, 0.2) is 35.7 Å². The summed E-state index contributed by atoms with van der Waals surface area (Å²) in [5.41, 5.74) is 6.10. The van der Waals surface area contributed by atoms with Crippen molar-refractivity contribution in [2.45, 2.75) is 26.2 Å². The number of carbonyl (C=O) groups is 1. The molecule has 0 spiro atoms. The standard InChI is InChI=1S/C18H20N2O2/c1-18-9-8-16(22)20(3)15(18)7-5-12-13-10-11(21)4-6-14(13)19(2)17(12)18/h4,6-7,10,21H,5,8-9H2,1-3H3/p+1. The van der Waals surface area contributed by atoms with Gasteiger partial charge in [-0.15, -0.1) is 0 Å². The lowest BCUT2D eigenvalue weighted by Crippen LogP contribution is -3.02. The summed E-state index contributed by atoms with van der Waals surface area (Å²) in [4.78, 5) is 15.2. The Labute approximate surface area is 130 Å². The molecule has 114 valence electrons. The number of carbonyl (C=O) groups excluding carboxylic acids is 1. The van der Waals surface area contributed by atoms with Crippen molar-refractivity contribution in [3.8, 4) is 5.75 Å². The van der Waals surface area contributed by atoms with Gasteiger partial charge in [0.25, 0.3) is 0 Å². The van der Waals surface area contributed by atoms with Crippen molar-refractivity contribution >= 4 is 17.2 Å². The summed E-state index contributed by atoms with van der Waals surface area (Å²) in [6.45, 7) is 2.26. The van der Waals surface area contributed by atoms with E-state index in [-0.39, 0.29) is 11.3 Å². The molecule has 1 aromatic rings. The smallest absolute Gasteiger partial charge is 0.226 e. The van der Waals surface area contributed by atoms with Crippen LogP contribution in [0.5, 0.6) is 5.75 Å². The molecule has 4 nitrogen and oxygen atoms in total. The fraction of sp³-hybridized carbons (Fsp3) is 0.389. The minimum absolute atomic E-state index is 0.102. The van der Waals surface area contributed by atoms with Crippen LogP contribution < -0.4 is 4.90 Å². The molecular weight excluding hydrogens is 276 g/mol. The van der Waals surface area contributed by atoms with Crippen molar-refractivity contribution in [3.05, 3.63) is 41.2 Å². The Morgan fingerprint density at radius 2 is 2.14 bits per heavy atom. The number of quaternary nitrogens is 1. The zero-order chi connectivity index (χ0) is 15.6. The van der Waals surface area contributed by atoms with Crippen LogP contribution in [0.4, 0.5) is 5.69 Å². The molecule has 4 heteroatoms. The van der Waals surface area contributed by atoms with Crippen LogP contribution >= 0.6 is 0 Å². The van der Waals surface area contributed by atoms with Crippen molar-refractivity contribution in [3.63, 3.8) is 0 Å². The van der Waals surface area contributed by atoms with Gasteiger partial charge in [-0.05, 0) is 31.9 Å². The number of hydrogen-bond donors (Lipinski definition) is 2. The number of nitrogens with one attached hydrogen (secondary N) is 1. The van der Waals surface area contributed by atoms with Crippen molar-refractivity contribution in [2.75, 3.05) is 14.1 Å². The van der Waals surface area contributed by atoms with Gasteiger partial charge in [-0.2, -0.15) is 0 Å². The first-order valence-corrected chi connectivity index (χ1v) is 7.82. The minimum Gasteiger partial charge on any atom is -0.508 e.